The highest BCUT2D eigenvalue weighted by Crippen LogP contribution is 2.23. The molecule has 0 fully saturated rings. The Morgan fingerprint density at radius 3 is 2.64 bits per heavy atom. The number of anilines is 1. The molecule has 2 aromatic rings. The standard InChI is InChI=1S/C20H27N3O2/c1-3-14-25-20-5-4-17(15-18(20)21)19(24)9-13-23(2)12-8-16-6-10-22-11-7-16/h4-7,10-11,15H,3,8-9,12-14,21H2,1-2H3. The minimum Gasteiger partial charge on any atom is -0.491 e. The van der Waals surface area contributed by atoms with Gasteiger partial charge in [0.2, 0.25) is 0 Å². The van der Waals surface area contributed by atoms with Gasteiger partial charge >= 0.3 is 0 Å². The second-order valence-electron chi connectivity index (χ2n) is 6.18. The van der Waals surface area contributed by atoms with E-state index in [2.05, 4.69) is 9.88 Å². The van der Waals surface area contributed by atoms with Crippen molar-refractivity contribution in [3.63, 3.8) is 0 Å². The molecule has 0 radical (unpaired) electrons. The van der Waals surface area contributed by atoms with E-state index in [4.69, 9.17) is 10.5 Å². The van der Waals surface area contributed by atoms with Gasteiger partial charge in [0.05, 0.1) is 12.3 Å². The Kier molecular flexibility index (Phi) is 7.41. The van der Waals surface area contributed by atoms with Crippen molar-refractivity contribution in [1.82, 2.24) is 9.88 Å². The number of ether oxygens (including phenoxy) is 1. The van der Waals surface area contributed by atoms with Crippen molar-refractivity contribution in [3.05, 3.63) is 53.9 Å². The van der Waals surface area contributed by atoms with E-state index in [-0.39, 0.29) is 5.78 Å². The lowest BCUT2D eigenvalue weighted by Gasteiger charge is -2.16. The molecule has 0 amide bonds. The van der Waals surface area contributed by atoms with Crippen LogP contribution in [0.3, 0.4) is 0 Å². The molecule has 5 heteroatoms. The largest absolute Gasteiger partial charge is 0.491 e. The van der Waals surface area contributed by atoms with Gasteiger partial charge in [0.15, 0.2) is 5.78 Å². The van der Waals surface area contributed by atoms with Crippen molar-refractivity contribution in [2.45, 2.75) is 26.2 Å². The van der Waals surface area contributed by atoms with Gasteiger partial charge in [-0.25, -0.2) is 0 Å². The van der Waals surface area contributed by atoms with Crippen molar-refractivity contribution >= 4 is 11.5 Å². The maximum absolute atomic E-state index is 12.4. The Morgan fingerprint density at radius 1 is 1.20 bits per heavy atom. The van der Waals surface area contributed by atoms with Crippen LogP contribution in [-0.2, 0) is 6.42 Å². The molecule has 0 aliphatic heterocycles. The van der Waals surface area contributed by atoms with Crippen LogP contribution in [0.25, 0.3) is 0 Å². The molecule has 0 saturated heterocycles. The number of ketones is 1. The number of aromatic nitrogens is 1. The van der Waals surface area contributed by atoms with E-state index in [9.17, 15) is 4.79 Å². The molecule has 0 aliphatic rings. The van der Waals surface area contributed by atoms with Crippen molar-refractivity contribution in [1.29, 1.82) is 0 Å². The predicted octanol–water partition coefficient (Wildman–Crippen LogP) is 3.20. The Hall–Kier alpha value is -2.40. The first-order valence-electron chi connectivity index (χ1n) is 8.73. The number of carbonyl (C=O) groups excluding carboxylic acids is 1. The van der Waals surface area contributed by atoms with Crippen molar-refractivity contribution in [2.75, 3.05) is 32.5 Å². The third-order valence-corrected chi connectivity index (χ3v) is 4.05. The van der Waals surface area contributed by atoms with Gasteiger partial charge in [-0.2, -0.15) is 0 Å². The molecule has 1 aromatic heterocycles. The molecule has 2 N–H and O–H groups in total. The Labute approximate surface area is 149 Å². The Bertz CT molecular complexity index is 674. The van der Waals surface area contributed by atoms with E-state index >= 15 is 0 Å². The van der Waals surface area contributed by atoms with E-state index in [1.165, 1.54) is 5.56 Å². The third kappa shape index (κ3) is 6.19. The molecular formula is C20H27N3O2. The average molecular weight is 341 g/mol. The smallest absolute Gasteiger partial charge is 0.164 e. The summed E-state index contributed by atoms with van der Waals surface area (Å²) < 4.78 is 5.54. The summed E-state index contributed by atoms with van der Waals surface area (Å²) in [6.07, 6.45) is 5.95. The zero-order chi connectivity index (χ0) is 18.1. The number of nitrogen functional groups attached to an aromatic ring is 1. The number of benzene rings is 1. The van der Waals surface area contributed by atoms with E-state index in [1.807, 2.05) is 26.1 Å². The number of nitrogens with zero attached hydrogens (tertiary/aromatic N) is 2. The zero-order valence-corrected chi connectivity index (χ0v) is 15.1. The number of rotatable bonds is 10. The minimum absolute atomic E-state index is 0.101. The number of likely N-dealkylation sites (N-methyl/N-ethyl adjacent to an activating group) is 1. The predicted molar refractivity (Wildman–Crippen MR) is 101 cm³/mol. The third-order valence-electron chi connectivity index (χ3n) is 4.05. The first-order chi connectivity index (χ1) is 12.1. The molecule has 0 unspecified atom stereocenters. The summed E-state index contributed by atoms with van der Waals surface area (Å²) in [6, 6.07) is 9.32. The summed E-state index contributed by atoms with van der Waals surface area (Å²) in [5, 5.41) is 0. The van der Waals surface area contributed by atoms with Gasteiger partial charge in [-0.3, -0.25) is 9.78 Å². The molecule has 25 heavy (non-hydrogen) atoms. The van der Waals surface area contributed by atoms with E-state index < -0.39 is 0 Å². The Morgan fingerprint density at radius 2 is 1.96 bits per heavy atom. The quantitative estimate of drug-likeness (QED) is 0.531. The van der Waals surface area contributed by atoms with E-state index in [0.29, 0.717) is 30.0 Å². The second-order valence-corrected chi connectivity index (χ2v) is 6.18. The normalized spacial score (nSPS) is 10.8. The zero-order valence-electron chi connectivity index (χ0n) is 15.1. The van der Waals surface area contributed by atoms with Gasteiger partial charge in [0.25, 0.3) is 0 Å². The van der Waals surface area contributed by atoms with Crippen LogP contribution in [0.5, 0.6) is 5.75 Å². The average Bonchev–Trinajstić information content (AvgIpc) is 2.64. The van der Waals surface area contributed by atoms with E-state index in [0.717, 1.165) is 25.9 Å². The van der Waals surface area contributed by atoms with Crippen LogP contribution in [0, 0.1) is 0 Å². The molecule has 1 heterocycles. The van der Waals surface area contributed by atoms with Crippen LogP contribution in [0.15, 0.2) is 42.7 Å². The number of carbonyl (C=O) groups is 1. The Balaban J connectivity index is 1.80. The SMILES string of the molecule is CCCOc1ccc(C(=O)CCN(C)CCc2ccncc2)cc1N. The maximum atomic E-state index is 12.4. The summed E-state index contributed by atoms with van der Waals surface area (Å²) in [7, 11) is 2.03. The number of Topliss-reactive ketones (excluding diaryl/α,β-unsaturated/α-hetero) is 1. The van der Waals surface area contributed by atoms with Gasteiger partial charge in [-0.15, -0.1) is 0 Å². The molecule has 1 aromatic carbocycles. The number of hydrogen-bond donors (Lipinski definition) is 1. The van der Waals surface area contributed by atoms with Crippen molar-refractivity contribution < 1.29 is 9.53 Å². The summed E-state index contributed by atoms with van der Waals surface area (Å²) in [5.41, 5.74) is 8.39. The van der Waals surface area contributed by atoms with Crippen LogP contribution in [0.1, 0.15) is 35.7 Å². The van der Waals surface area contributed by atoms with Crippen LogP contribution in [-0.4, -0.2) is 42.4 Å². The first kappa shape index (κ1) is 18.9. The van der Waals surface area contributed by atoms with Gasteiger partial charge in [-0.1, -0.05) is 6.92 Å². The topological polar surface area (TPSA) is 68.5 Å². The molecule has 2 rings (SSSR count). The van der Waals surface area contributed by atoms with Gasteiger partial charge < -0.3 is 15.4 Å². The fourth-order valence-electron chi connectivity index (χ4n) is 2.48. The summed E-state index contributed by atoms with van der Waals surface area (Å²) in [4.78, 5) is 18.6. The van der Waals surface area contributed by atoms with Crippen LogP contribution in [0.2, 0.25) is 0 Å². The lowest BCUT2D eigenvalue weighted by atomic mass is 10.1. The molecule has 0 atom stereocenters. The summed E-state index contributed by atoms with van der Waals surface area (Å²) >= 11 is 0. The lowest BCUT2D eigenvalue weighted by Crippen LogP contribution is -2.24. The molecule has 0 aliphatic carbocycles. The molecular weight excluding hydrogens is 314 g/mol. The highest BCUT2D eigenvalue weighted by molar-refractivity contribution is 5.97. The van der Waals surface area contributed by atoms with Crippen LogP contribution < -0.4 is 10.5 Å². The molecule has 0 bridgehead atoms. The number of pyridine rings is 1. The van der Waals surface area contributed by atoms with Crippen molar-refractivity contribution in [2.24, 2.45) is 0 Å². The fourth-order valence-corrected chi connectivity index (χ4v) is 2.48. The molecule has 0 saturated carbocycles. The minimum atomic E-state index is 0.101. The van der Waals surface area contributed by atoms with Gasteiger partial charge in [0.1, 0.15) is 5.75 Å². The second kappa shape index (κ2) is 9.79. The first-order valence-corrected chi connectivity index (χ1v) is 8.73. The molecule has 0 spiro atoms. The molecule has 134 valence electrons. The summed E-state index contributed by atoms with van der Waals surface area (Å²) in [6.45, 7) is 4.29. The molecule has 5 nitrogen and oxygen atoms in total. The van der Waals surface area contributed by atoms with Gasteiger partial charge in [0, 0.05) is 37.5 Å². The maximum Gasteiger partial charge on any atom is 0.164 e. The number of nitrogens with two attached hydrogens (primary N) is 1. The van der Waals surface area contributed by atoms with Crippen LogP contribution in [0.4, 0.5) is 5.69 Å². The lowest BCUT2D eigenvalue weighted by molar-refractivity contribution is 0.0969. The van der Waals surface area contributed by atoms with Gasteiger partial charge in [-0.05, 0) is 55.8 Å². The van der Waals surface area contributed by atoms with Crippen LogP contribution >= 0.6 is 0 Å². The van der Waals surface area contributed by atoms with Crippen molar-refractivity contribution in [3.8, 4) is 5.75 Å². The highest BCUT2D eigenvalue weighted by atomic mass is 16.5. The number of hydrogen-bond acceptors (Lipinski definition) is 5. The fraction of sp³-hybridized carbons (Fsp3) is 0.400. The van der Waals surface area contributed by atoms with E-state index in [1.54, 1.807) is 30.6 Å². The highest BCUT2D eigenvalue weighted by Gasteiger charge is 2.10. The summed E-state index contributed by atoms with van der Waals surface area (Å²) in [5.74, 6) is 0.748. The monoisotopic (exact) mass is 341 g/mol.